The fourth-order valence-electron chi connectivity index (χ4n) is 3.26. The van der Waals surface area contributed by atoms with Crippen LogP contribution in [0.15, 0.2) is 24.3 Å². The topological polar surface area (TPSA) is 98.5 Å². The Kier molecular flexibility index (Phi) is 5.85. The number of aryl methyl sites for hydroxylation is 1. The number of anilines is 1. The number of amides is 1. The van der Waals surface area contributed by atoms with E-state index >= 15 is 0 Å². The Balaban J connectivity index is 1.85. The van der Waals surface area contributed by atoms with E-state index in [1.54, 1.807) is 25.1 Å². The van der Waals surface area contributed by atoms with Crippen molar-refractivity contribution in [2.24, 2.45) is 0 Å². The largest absolute Gasteiger partial charge is 0.462 e. The zero-order valence-electron chi connectivity index (χ0n) is 14.9. The Labute approximate surface area is 160 Å². The van der Waals surface area contributed by atoms with E-state index in [1.165, 1.54) is 17.4 Å². The molecule has 2 aromatic rings. The van der Waals surface area contributed by atoms with E-state index in [0.29, 0.717) is 16.1 Å². The second-order valence-corrected chi connectivity index (χ2v) is 7.35. The minimum absolute atomic E-state index is 0.0938. The van der Waals surface area contributed by atoms with Crippen molar-refractivity contribution in [2.75, 3.05) is 11.9 Å². The molecule has 142 valence electrons. The standard InChI is InChI=1S/C19H20N2O5S/c1-2-26-19(23)17-13-8-4-6-10-15(13)27-18(17)20-16(22)11-12-7-3-5-9-14(12)21(24)25/h3,5,7,9H,2,4,6,8,10-11H2,1H3,(H,20,22). The predicted octanol–water partition coefficient (Wildman–Crippen LogP) is 3.89. The highest BCUT2D eigenvalue weighted by Gasteiger charge is 2.27. The van der Waals surface area contributed by atoms with E-state index in [1.807, 2.05) is 0 Å². The Morgan fingerprint density at radius 1 is 1.26 bits per heavy atom. The van der Waals surface area contributed by atoms with Crippen molar-refractivity contribution in [3.63, 3.8) is 0 Å². The van der Waals surface area contributed by atoms with Crippen molar-refractivity contribution in [3.05, 3.63) is 55.9 Å². The van der Waals surface area contributed by atoms with Crippen molar-refractivity contribution in [2.45, 2.75) is 39.0 Å². The molecule has 7 nitrogen and oxygen atoms in total. The van der Waals surface area contributed by atoms with E-state index in [9.17, 15) is 19.7 Å². The summed E-state index contributed by atoms with van der Waals surface area (Å²) in [6.07, 6.45) is 3.59. The van der Waals surface area contributed by atoms with E-state index in [4.69, 9.17) is 4.74 Å². The van der Waals surface area contributed by atoms with Gasteiger partial charge < -0.3 is 10.1 Å². The van der Waals surface area contributed by atoms with Crippen molar-refractivity contribution in [1.29, 1.82) is 0 Å². The molecule has 0 radical (unpaired) electrons. The summed E-state index contributed by atoms with van der Waals surface area (Å²) in [5, 5.41) is 14.4. The van der Waals surface area contributed by atoms with Gasteiger partial charge in [0.1, 0.15) is 5.00 Å². The quantitative estimate of drug-likeness (QED) is 0.460. The molecule has 0 saturated carbocycles. The lowest BCUT2D eigenvalue weighted by Crippen LogP contribution is -2.17. The minimum atomic E-state index is -0.503. The maximum absolute atomic E-state index is 12.5. The van der Waals surface area contributed by atoms with Crippen molar-refractivity contribution in [1.82, 2.24) is 0 Å². The molecule has 3 rings (SSSR count). The van der Waals surface area contributed by atoms with Crippen LogP contribution in [0, 0.1) is 10.1 Å². The van der Waals surface area contributed by atoms with Crippen molar-refractivity contribution in [3.8, 4) is 0 Å². The van der Waals surface area contributed by atoms with Crippen molar-refractivity contribution >= 4 is 33.9 Å². The first-order valence-corrected chi connectivity index (χ1v) is 9.66. The number of carbonyl (C=O) groups is 2. The van der Waals surface area contributed by atoms with Crippen LogP contribution in [0.1, 0.15) is 46.1 Å². The van der Waals surface area contributed by atoms with Gasteiger partial charge >= 0.3 is 5.97 Å². The van der Waals surface area contributed by atoms with Gasteiger partial charge in [0, 0.05) is 16.5 Å². The Bertz CT molecular complexity index is 890. The molecule has 1 amide bonds. The summed E-state index contributed by atoms with van der Waals surface area (Å²) in [6, 6.07) is 6.15. The average molecular weight is 388 g/mol. The lowest BCUT2D eigenvalue weighted by molar-refractivity contribution is -0.385. The maximum atomic E-state index is 12.5. The maximum Gasteiger partial charge on any atom is 0.341 e. The summed E-state index contributed by atoms with van der Waals surface area (Å²) in [5.74, 6) is -0.827. The minimum Gasteiger partial charge on any atom is -0.462 e. The van der Waals surface area contributed by atoms with Gasteiger partial charge in [0.25, 0.3) is 5.69 Å². The molecule has 1 aliphatic carbocycles. The van der Waals surface area contributed by atoms with Gasteiger partial charge in [-0.05, 0) is 38.2 Å². The molecule has 0 aliphatic heterocycles. The lowest BCUT2D eigenvalue weighted by atomic mass is 9.95. The normalized spacial score (nSPS) is 12.9. The highest BCUT2D eigenvalue weighted by molar-refractivity contribution is 7.17. The molecule has 1 aromatic heterocycles. The van der Waals surface area contributed by atoms with E-state index in [2.05, 4.69) is 5.32 Å². The number of hydrogen-bond acceptors (Lipinski definition) is 6. The zero-order chi connectivity index (χ0) is 19.4. The van der Waals surface area contributed by atoms with Crippen LogP contribution in [0.2, 0.25) is 0 Å². The molecule has 1 N–H and O–H groups in total. The Morgan fingerprint density at radius 2 is 2.00 bits per heavy atom. The number of nitrogens with zero attached hydrogens (tertiary/aromatic N) is 1. The third kappa shape index (κ3) is 4.16. The highest BCUT2D eigenvalue weighted by atomic mass is 32.1. The first kappa shape index (κ1) is 19.0. The van der Waals surface area contributed by atoms with Crippen LogP contribution in [-0.2, 0) is 28.8 Å². The third-order valence-electron chi connectivity index (χ3n) is 4.44. The van der Waals surface area contributed by atoms with Gasteiger partial charge in [0.2, 0.25) is 5.91 Å². The summed E-state index contributed by atoms with van der Waals surface area (Å²) in [7, 11) is 0. The smallest absolute Gasteiger partial charge is 0.341 e. The summed E-state index contributed by atoms with van der Waals surface area (Å²) >= 11 is 1.40. The Morgan fingerprint density at radius 3 is 2.74 bits per heavy atom. The molecule has 1 aromatic carbocycles. The van der Waals surface area contributed by atoms with Gasteiger partial charge in [-0.2, -0.15) is 0 Å². The number of nitro groups is 1. The monoisotopic (exact) mass is 388 g/mol. The lowest BCUT2D eigenvalue weighted by Gasteiger charge is -2.12. The summed E-state index contributed by atoms with van der Waals surface area (Å²) in [6.45, 7) is 2.00. The highest BCUT2D eigenvalue weighted by Crippen LogP contribution is 2.38. The average Bonchev–Trinajstić information content (AvgIpc) is 2.99. The molecule has 1 aliphatic rings. The SMILES string of the molecule is CCOC(=O)c1c(NC(=O)Cc2ccccc2[N+](=O)[O-])sc2c1CCCC2. The van der Waals surface area contributed by atoms with Crippen LogP contribution in [0.25, 0.3) is 0 Å². The van der Waals surface area contributed by atoms with Crippen molar-refractivity contribution < 1.29 is 19.2 Å². The summed E-state index contributed by atoms with van der Waals surface area (Å²) < 4.78 is 5.17. The number of fused-ring (bicyclic) bond motifs is 1. The van der Waals surface area contributed by atoms with Gasteiger partial charge in [-0.15, -0.1) is 11.3 Å². The van der Waals surface area contributed by atoms with Crippen LogP contribution in [0.4, 0.5) is 10.7 Å². The van der Waals surface area contributed by atoms with Crippen LogP contribution >= 0.6 is 11.3 Å². The molecule has 0 saturated heterocycles. The molecular weight excluding hydrogens is 368 g/mol. The molecule has 0 fully saturated rings. The molecular formula is C19H20N2O5S. The van der Waals surface area contributed by atoms with Crippen LogP contribution in [-0.4, -0.2) is 23.4 Å². The number of nitrogens with one attached hydrogen (secondary N) is 1. The third-order valence-corrected chi connectivity index (χ3v) is 5.65. The molecule has 0 unspecified atom stereocenters. The number of nitro benzene ring substituents is 1. The van der Waals surface area contributed by atoms with Gasteiger partial charge in [0.05, 0.1) is 23.5 Å². The predicted molar refractivity (Wildman–Crippen MR) is 102 cm³/mol. The first-order chi connectivity index (χ1) is 13.0. The number of hydrogen-bond donors (Lipinski definition) is 1. The summed E-state index contributed by atoms with van der Waals surface area (Å²) in [4.78, 5) is 36.7. The van der Waals surface area contributed by atoms with Gasteiger partial charge in [0.15, 0.2) is 0 Å². The van der Waals surface area contributed by atoms with Gasteiger partial charge in [-0.3, -0.25) is 14.9 Å². The van der Waals surface area contributed by atoms with Crippen LogP contribution in [0.3, 0.4) is 0 Å². The Hall–Kier alpha value is -2.74. The number of rotatable bonds is 6. The number of para-hydroxylation sites is 1. The van der Waals surface area contributed by atoms with Gasteiger partial charge in [-0.25, -0.2) is 4.79 Å². The fraction of sp³-hybridized carbons (Fsp3) is 0.368. The number of benzene rings is 1. The molecule has 0 atom stereocenters. The number of thiophene rings is 1. The second-order valence-electron chi connectivity index (χ2n) is 6.25. The molecule has 27 heavy (non-hydrogen) atoms. The first-order valence-electron chi connectivity index (χ1n) is 8.85. The van der Waals surface area contributed by atoms with E-state index in [0.717, 1.165) is 36.1 Å². The zero-order valence-corrected chi connectivity index (χ0v) is 15.8. The van der Waals surface area contributed by atoms with Crippen LogP contribution in [0.5, 0.6) is 0 Å². The number of carbonyl (C=O) groups excluding carboxylic acids is 2. The second kappa shape index (κ2) is 8.30. The molecule has 1 heterocycles. The van der Waals surface area contributed by atoms with Gasteiger partial charge in [-0.1, -0.05) is 18.2 Å². The molecule has 0 spiro atoms. The number of esters is 1. The van der Waals surface area contributed by atoms with Crippen LogP contribution < -0.4 is 5.32 Å². The summed E-state index contributed by atoms with van der Waals surface area (Å²) in [5.41, 5.74) is 1.64. The molecule has 0 bridgehead atoms. The molecule has 8 heteroatoms. The van der Waals surface area contributed by atoms with E-state index in [-0.39, 0.29) is 18.7 Å². The number of ether oxygens (including phenoxy) is 1. The van der Waals surface area contributed by atoms with E-state index < -0.39 is 16.8 Å². The fourth-order valence-corrected chi connectivity index (χ4v) is 4.55.